The summed E-state index contributed by atoms with van der Waals surface area (Å²) in [5.41, 5.74) is 1.92. The number of carbonyl (C=O) groups excluding carboxylic acids is 1. The summed E-state index contributed by atoms with van der Waals surface area (Å²) < 4.78 is 44.1. The Kier molecular flexibility index (Phi) is 6.40. The van der Waals surface area contributed by atoms with Crippen molar-refractivity contribution in [3.8, 4) is 0 Å². The highest BCUT2D eigenvalue weighted by Gasteiger charge is 2.31. The van der Waals surface area contributed by atoms with Crippen LogP contribution in [0.4, 0.5) is 24.5 Å². The van der Waals surface area contributed by atoms with Crippen molar-refractivity contribution in [2.24, 2.45) is 5.92 Å². The van der Waals surface area contributed by atoms with Crippen LogP contribution in [0.25, 0.3) is 0 Å². The van der Waals surface area contributed by atoms with Crippen LogP contribution in [0.5, 0.6) is 0 Å². The van der Waals surface area contributed by atoms with Crippen molar-refractivity contribution in [3.05, 3.63) is 71.4 Å². The van der Waals surface area contributed by atoms with Crippen molar-refractivity contribution in [2.45, 2.75) is 32.9 Å². The van der Waals surface area contributed by atoms with Gasteiger partial charge in [0.15, 0.2) is 0 Å². The van der Waals surface area contributed by atoms with Gasteiger partial charge >= 0.3 is 6.18 Å². The molecule has 6 nitrogen and oxygen atoms in total. The maximum atomic E-state index is 13.0. The molecule has 3 aromatic rings. The number of hydrogen-bond donors (Lipinski definition) is 0. The van der Waals surface area contributed by atoms with E-state index in [2.05, 4.69) is 10.1 Å². The summed E-state index contributed by atoms with van der Waals surface area (Å²) in [6, 6.07) is 8.88. The molecule has 1 amide bonds. The third-order valence-electron chi connectivity index (χ3n) is 6.05. The highest BCUT2D eigenvalue weighted by molar-refractivity contribution is 5.96. The molecule has 1 aliphatic heterocycles. The molecule has 0 radical (unpaired) electrons. The maximum Gasteiger partial charge on any atom is 0.416 e. The van der Waals surface area contributed by atoms with E-state index in [9.17, 15) is 18.0 Å². The minimum atomic E-state index is -4.38. The number of alkyl halides is 3. The smallest absolute Gasteiger partial charge is 0.361 e. The van der Waals surface area contributed by atoms with Crippen LogP contribution in [0.3, 0.4) is 0 Å². The van der Waals surface area contributed by atoms with Gasteiger partial charge in [0.2, 0.25) is 0 Å². The quantitative estimate of drug-likeness (QED) is 0.513. The lowest BCUT2D eigenvalue weighted by atomic mass is 9.95. The summed E-state index contributed by atoms with van der Waals surface area (Å²) in [7, 11) is 0. The van der Waals surface area contributed by atoms with E-state index in [0.29, 0.717) is 42.3 Å². The Hall–Kier alpha value is -3.36. The number of benzene rings is 1. The predicted molar refractivity (Wildman–Crippen MR) is 117 cm³/mol. The molecule has 9 heteroatoms. The Morgan fingerprint density at radius 1 is 1.12 bits per heavy atom. The zero-order chi connectivity index (χ0) is 23.6. The van der Waals surface area contributed by atoms with E-state index in [1.54, 1.807) is 32.3 Å². The van der Waals surface area contributed by atoms with Gasteiger partial charge in [0.05, 0.1) is 23.1 Å². The van der Waals surface area contributed by atoms with E-state index in [1.807, 2.05) is 15.9 Å². The summed E-state index contributed by atoms with van der Waals surface area (Å²) in [5.74, 6) is 0.711. The van der Waals surface area contributed by atoms with Crippen LogP contribution in [0, 0.1) is 19.8 Å². The molecule has 0 unspecified atom stereocenters. The molecule has 0 saturated carbocycles. The van der Waals surface area contributed by atoms with Crippen LogP contribution in [0.15, 0.2) is 53.3 Å². The van der Waals surface area contributed by atoms with Crippen molar-refractivity contribution in [1.82, 2.24) is 15.0 Å². The van der Waals surface area contributed by atoms with Crippen molar-refractivity contribution < 1.29 is 22.5 Å². The molecule has 0 aliphatic carbocycles. The summed E-state index contributed by atoms with van der Waals surface area (Å²) in [6.45, 7) is 5.30. The molecule has 1 aromatic carbocycles. The molecule has 2 aromatic heterocycles. The molecular formula is C24H25F3N4O2. The molecule has 174 valence electrons. The second-order valence-corrected chi connectivity index (χ2v) is 8.30. The highest BCUT2D eigenvalue weighted by Crippen LogP contribution is 2.33. The molecular weight excluding hydrogens is 433 g/mol. The molecule has 0 atom stereocenters. The first-order valence-corrected chi connectivity index (χ1v) is 10.8. The lowest BCUT2D eigenvalue weighted by Gasteiger charge is -2.35. The standard InChI is InChI=1S/C24H25F3N4O2/c1-16-22(17(2)33-29-16)23(32)30-12-9-18(10-13-30)15-31(21-4-3-11-28-14-21)20-7-5-19(6-8-20)24(25,26)27/h3-8,11,14,18H,9-10,12-13,15H2,1-2H3. The normalized spacial score (nSPS) is 15.0. The summed E-state index contributed by atoms with van der Waals surface area (Å²) >= 11 is 0. The van der Waals surface area contributed by atoms with E-state index in [-0.39, 0.29) is 11.8 Å². The zero-order valence-electron chi connectivity index (χ0n) is 18.5. The van der Waals surface area contributed by atoms with E-state index in [4.69, 9.17) is 4.52 Å². The molecule has 1 saturated heterocycles. The van der Waals surface area contributed by atoms with Gasteiger partial charge in [-0.3, -0.25) is 9.78 Å². The molecule has 1 fully saturated rings. The van der Waals surface area contributed by atoms with Gasteiger partial charge in [0, 0.05) is 31.5 Å². The monoisotopic (exact) mass is 458 g/mol. The SMILES string of the molecule is Cc1noc(C)c1C(=O)N1CCC(CN(c2ccc(C(F)(F)F)cc2)c2cccnc2)CC1. The van der Waals surface area contributed by atoms with E-state index < -0.39 is 11.7 Å². The van der Waals surface area contributed by atoms with Crippen molar-refractivity contribution in [3.63, 3.8) is 0 Å². The highest BCUT2D eigenvalue weighted by atomic mass is 19.4. The maximum absolute atomic E-state index is 13.0. The number of piperidine rings is 1. The number of amides is 1. The van der Waals surface area contributed by atoms with Gasteiger partial charge in [-0.1, -0.05) is 5.16 Å². The van der Waals surface area contributed by atoms with Crippen LogP contribution in [0.1, 0.15) is 40.2 Å². The van der Waals surface area contributed by atoms with Gasteiger partial charge in [0.25, 0.3) is 5.91 Å². The Labute approximate surface area is 190 Å². The summed E-state index contributed by atoms with van der Waals surface area (Å²) in [5, 5.41) is 3.87. The third kappa shape index (κ3) is 5.02. The number of pyridine rings is 1. The van der Waals surface area contributed by atoms with E-state index in [0.717, 1.165) is 30.7 Å². The largest absolute Gasteiger partial charge is 0.416 e. The van der Waals surface area contributed by atoms with Crippen LogP contribution < -0.4 is 4.90 Å². The number of aryl methyl sites for hydroxylation is 2. The minimum absolute atomic E-state index is 0.0726. The molecule has 0 N–H and O–H groups in total. The third-order valence-corrected chi connectivity index (χ3v) is 6.05. The topological polar surface area (TPSA) is 62.5 Å². The molecule has 33 heavy (non-hydrogen) atoms. The fourth-order valence-corrected chi connectivity index (χ4v) is 4.23. The fourth-order valence-electron chi connectivity index (χ4n) is 4.23. The Morgan fingerprint density at radius 3 is 2.36 bits per heavy atom. The van der Waals surface area contributed by atoms with Crippen LogP contribution in [0.2, 0.25) is 0 Å². The van der Waals surface area contributed by atoms with Crippen molar-refractivity contribution in [2.75, 3.05) is 24.5 Å². The van der Waals surface area contributed by atoms with Crippen LogP contribution >= 0.6 is 0 Å². The average molecular weight is 458 g/mol. The molecule has 3 heterocycles. The number of aromatic nitrogens is 2. The van der Waals surface area contributed by atoms with Gasteiger partial charge in [0.1, 0.15) is 11.3 Å². The summed E-state index contributed by atoms with van der Waals surface area (Å²) in [4.78, 5) is 20.9. The number of likely N-dealkylation sites (tertiary alicyclic amines) is 1. The number of halogens is 3. The Balaban J connectivity index is 1.47. The van der Waals surface area contributed by atoms with Gasteiger partial charge in [-0.05, 0) is 69.0 Å². The number of rotatable bonds is 5. The molecule has 0 spiro atoms. The second-order valence-electron chi connectivity index (χ2n) is 8.30. The Bertz CT molecular complexity index is 1070. The fraction of sp³-hybridized carbons (Fsp3) is 0.375. The Morgan fingerprint density at radius 2 is 1.82 bits per heavy atom. The van der Waals surface area contributed by atoms with Gasteiger partial charge in [-0.15, -0.1) is 0 Å². The first kappa shape index (κ1) is 22.8. The molecule has 4 rings (SSSR count). The van der Waals surface area contributed by atoms with Crippen LogP contribution in [-0.4, -0.2) is 40.6 Å². The number of anilines is 2. The van der Waals surface area contributed by atoms with Crippen molar-refractivity contribution in [1.29, 1.82) is 0 Å². The second kappa shape index (κ2) is 9.25. The molecule has 1 aliphatic rings. The molecule has 0 bridgehead atoms. The first-order chi connectivity index (χ1) is 15.7. The lowest BCUT2D eigenvalue weighted by Crippen LogP contribution is -2.41. The van der Waals surface area contributed by atoms with Gasteiger partial charge < -0.3 is 14.3 Å². The lowest BCUT2D eigenvalue weighted by molar-refractivity contribution is -0.137. The minimum Gasteiger partial charge on any atom is -0.361 e. The van der Waals surface area contributed by atoms with Gasteiger partial charge in [-0.25, -0.2) is 0 Å². The first-order valence-electron chi connectivity index (χ1n) is 10.8. The van der Waals surface area contributed by atoms with Crippen molar-refractivity contribution >= 4 is 17.3 Å². The summed E-state index contributed by atoms with van der Waals surface area (Å²) in [6.07, 6.45) is 0.554. The van der Waals surface area contributed by atoms with Crippen LogP contribution in [-0.2, 0) is 6.18 Å². The van der Waals surface area contributed by atoms with Gasteiger partial charge in [-0.2, -0.15) is 13.2 Å². The zero-order valence-corrected chi connectivity index (χ0v) is 18.5. The number of hydrogen-bond acceptors (Lipinski definition) is 5. The van der Waals surface area contributed by atoms with E-state index >= 15 is 0 Å². The van der Waals surface area contributed by atoms with E-state index in [1.165, 1.54) is 12.1 Å². The average Bonchev–Trinajstić information content (AvgIpc) is 3.15. The predicted octanol–water partition coefficient (Wildman–Crippen LogP) is 5.40. The number of nitrogens with zero attached hydrogens (tertiary/aromatic N) is 4. The number of carbonyl (C=O) groups is 1.